The molecule has 1 heterocycles. The van der Waals surface area contributed by atoms with E-state index >= 15 is 0 Å². The summed E-state index contributed by atoms with van der Waals surface area (Å²) in [4.78, 5) is 0.549. The van der Waals surface area contributed by atoms with Gasteiger partial charge in [0, 0.05) is 16.2 Å². The highest BCUT2D eigenvalue weighted by Crippen LogP contribution is 2.50. The highest BCUT2D eigenvalue weighted by atomic mass is 32.2. The number of thioether (sulfide) groups is 1. The van der Waals surface area contributed by atoms with Gasteiger partial charge in [0.2, 0.25) is 0 Å². The Hall–Kier alpha value is -1.86. The molecule has 0 radical (unpaired) electrons. The van der Waals surface area contributed by atoms with Crippen molar-refractivity contribution in [2.24, 2.45) is 0 Å². The lowest BCUT2D eigenvalue weighted by molar-refractivity contribution is 0.252. The van der Waals surface area contributed by atoms with E-state index in [0.717, 1.165) is 18.4 Å². The van der Waals surface area contributed by atoms with Crippen LogP contribution in [0.4, 0.5) is 8.78 Å². The van der Waals surface area contributed by atoms with Crippen LogP contribution in [0, 0.1) is 6.92 Å². The van der Waals surface area contributed by atoms with Gasteiger partial charge in [-0.1, -0.05) is 47.7 Å². The summed E-state index contributed by atoms with van der Waals surface area (Å²) in [6.45, 7) is 1.88. The maximum atomic E-state index is 13.4. The van der Waals surface area contributed by atoms with Crippen molar-refractivity contribution in [1.29, 1.82) is 0 Å². The highest BCUT2D eigenvalue weighted by Gasteiger charge is 2.37. The average Bonchev–Trinajstić information content (AvgIpc) is 3.38. The van der Waals surface area contributed by atoms with Crippen molar-refractivity contribution in [3.8, 4) is 0 Å². The molecule has 0 spiro atoms. The lowest BCUT2D eigenvalue weighted by Gasteiger charge is -2.13. The Morgan fingerprint density at radius 1 is 1.08 bits per heavy atom. The van der Waals surface area contributed by atoms with Crippen LogP contribution in [0.15, 0.2) is 58.3 Å². The van der Waals surface area contributed by atoms with Crippen LogP contribution < -0.4 is 0 Å². The van der Waals surface area contributed by atoms with Crippen molar-refractivity contribution in [3.63, 3.8) is 0 Å². The number of aromatic nitrogens is 1. The van der Waals surface area contributed by atoms with E-state index in [1.807, 2.05) is 6.92 Å². The molecule has 0 unspecified atom stereocenters. The summed E-state index contributed by atoms with van der Waals surface area (Å²) >= 11 is 0.439. The minimum Gasteiger partial charge on any atom is -0.237 e. The van der Waals surface area contributed by atoms with Crippen LogP contribution in [0.5, 0.6) is 0 Å². The van der Waals surface area contributed by atoms with Crippen LogP contribution in [0.1, 0.15) is 30.0 Å². The maximum Gasteiger partial charge on any atom is 0.288 e. The highest BCUT2D eigenvalue weighted by molar-refractivity contribution is 8.00. The summed E-state index contributed by atoms with van der Waals surface area (Å²) in [5, 5.41) is 0.565. The number of para-hydroxylation sites is 1. The molecule has 0 N–H and O–H groups in total. The minimum atomic E-state index is -3.87. The molecule has 26 heavy (non-hydrogen) atoms. The van der Waals surface area contributed by atoms with Gasteiger partial charge >= 0.3 is 0 Å². The molecule has 3 aromatic rings. The summed E-state index contributed by atoms with van der Waals surface area (Å²) in [5.41, 5.74) is 1.91. The number of fused-ring (bicyclic) bond motifs is 1. The van der Waals surface area contributed by atoms with Crippen molar-refractivity contribution in [2.45, 2.75) is 41.2 Å². The molecule has 1 aromatic heterocycles. The van der Waals surface area contributed by atoms with E-state index in [1.165, 1.54) is 3.97 Å². The lowest BCUT2D eigenvalue weighted by Crippen LogP contribution is -2.15. The first-order chi connectivity index (χ1) is 12.4. The zero-order chi connectivity index (χ0) is 18.5. The fourth-order valence-electron chi connectivity index (χ4n) is 3.20. The van der Waals surface area contributed by atoms with Gasteiger partial charge in [-0.2, -0.15) is 8.78 Å². The first kappa shape index (κ1) is 17.5. The molecule has 4 rings (SSSR count). The molecule has 136 valence electrons. The summed E-state index contributed by atoms with van der Waals surface area (Å²) < 4.78 is 54.4. The Balaban J connectivity index is 2.03. The molecule has 3 nitrogen and oxygen atoms in total. The predicted octanol–water partition coefficient (Wildman–Crippen LogP) is 5.38. The van der Waals surface area contributed by atoms with Gasteiger partial charge in [0.1, 0.15) is 0 Å². The molecule has 0 aliphatic heterocycles. The van der Waals surface area contributed by atoms with E-state index in [2.05, 4.69) is 0 Å². The number of hydrogen-bond donors (Lipinski definition) is 0. The zero-order valence-electron chi connectivity index (χ0n) is 14.0. The average molecular weight is 393 g/mol. The zero-order valence-corrected chi connectivity index (χ0v) is 15.7. The third kappa shape index (κ3) is 2.93. The lowest BCUT2D eigenvalue weighted by atomic mass is 10.2. The number of hydrogen-bond acceptors (Lipinski definition) is 3. The number of halogens is 2. The van der Waals surface area contributed by atoms with Gasteiger partial charge in [-0.25, -0.2) is 12.4 Å². The monoisotopic (exact) mass is 393 g/mol. The van der Waals surface area contributed by atoms with Crippen LogP contribution >= 0.6 is 11.8 Å². The van der Waals surface area contributed by atoms with Gasteiger partial charge in [-0.05, 0) is 38.0 Å². The molecule has 1 saturated carbocycles. The van der Waals surface area contributed by atoms with E-state index in [-0.39, 0.29) is 10.8 Å². The Labute approximate surface area is 155 Å². The summed E-state index contributed by atoms with van der Waals surface area (Å²) in [5.74, 6) is -2.60. The Kier molecular flexibility index (Phi) is 4.31. The number of alkyl halides is 2. The number of aryl methyl sites for hydroxylation is 1. The third-order valence-corrected chi connectivity index (χ3v) is 7.13. The molecule has 0 atom stereocenters. The molecule has 0 amide bonds. The van der Waals surface area contributed by atoms with Gasteiger partial charge < -0.3 is 0 Å². The second kappa shape index (κ2) is 6.39. The van der Waals surface area contributed by atoms with E-state index in [1.54, 1.807) is 48.5 Å². The SMILES string of the molecule is Cc1ccc(S(=O)(=O)n2c(C3CC3)c(SC(F)F)c3ccccc32)cc1. The molecule has 7 heteroatoms. The van der Waals surface area contributed by atoms with Crippen LogP contribution in [-0.2, 0) is 10.0 Å². The molecular weight excluding hydrogens is 376 g/mol. The molecule has 1 aliphatic rings. The first-order valence-electron chi connectivity index (χ1n) is 8.30. The molecule has 1 aliphatic carbocycles. The second-order valence-corrected chi connectivity index (χ2v) is 9.25. The molecule has 1 fully saturated rings. The summed E-state index contributed by atoms with van der Waals surface area (Å²) in [6, 6.07) is 13.5. The molecular formula is C19H17F2NO2S2. The quantitative estimate of drug-likeness (QED) is 0.547. The largest absolute Gasteiger partial charge is 0.288 e. The maximum absolute atomic E-state index is 13.4. The summed E-state index contributed by atoms with van der Waals surface area (Å²) in [7, 11) is -3.87. The van der Waals surface area contributed by atoms with Gasteiger partial charge in [0.05, 0.1) is 16.1 Å². The van der Waals surface area contributed by atoms with Gasteiger partial charge in [0.15, 0.2) is 0 Å². The van der Waals surface area contributed by atoms with Crippen LogP contribution in [-0.4, -0.2) is 18.1 Å². The Bertz CT molecular complexity index is 1070. The Morgan fingerprint density at radius 2 is 1.73 bits per heavy atom. The molecule has 0 saturated heterocycles. The van der Waals surface area contributed by atoms with Crippen LogP contribution in [0.3, 0.4) is 0 Å². The van der Waals surface area contributed by atoms with Crippen LogP contribution in [0.25, 0.3) is 10.9 Å². The van der Waals surface area contributed by atoms with E-state index < -0.39 is 15.8 Å². The summed E-state index contributed by atoms with van der Waals surface area (Å²) in [6.07, 6.45) is 1.63. The van der Waals surface area contributed by atoms with Crippen molar-refractivity contribution >= 4 is 32.7 Å². The smallest absolute Gasteiger partial charge is 0.237 e. The second-order valence-electron chi connectivity index (χ2n) is 6.47. The van der Waals surface area contributed by atoms with E-state index in [4.69, 9.17) is 0 Å². The standard InChI is InChI=1S/C19H17F2NO2S2/c1-12-6-10-14(11-7-12)26(23,24)22-16-5-3-2-4-15(16)18(25-19(20)21)17(22)13-8-9-13/h2-7,10-11,13,19H,8-9H2,1H3. The van der Waals surface area contributed by atoms with E-state index in [9.17, 15) is 17.2 Å². The van der Waals surface area contributed by atoms with Gasteiger partial charge in [0.25, 0.3) is 15.8 Å². The fourth-order valence-corrected chi connectivity index (χ4v) is 5.72. The topological polar surface area (TPSA) is 39.1 Å². The third-order valence-electron chi connectivity index (χ3n) is 4.55. The van der Waals surface area contributed by atoms with Crippen molar-refractivity contribution in [3.05, 3.63) is 59.8 Å². The van der Waals surface area contributed by atoms with Crippen molar-refractivity contribution in [2.75, 3.05) is 0 Å². The fraction of sp³-hybridized carbons (Fsp3) is 0.263. The number of benzene rings is 2. The predicted molar refractivity (Wildman–Crippen MR) is 99.5 cm³/mol. The van der Waals surface area contributed by atoms with Crippen molar-refractivity contribution in [1.82, 2.24) is 3.97 Å². The normalized spacial score (nSPS) is 15.1. The van der Waals surface area contributed by atoms with Gasteiger partial charge in [-0.3, -0.25) is 0 Å². The van der Waals surface area contributed by atoms with E-state index in [0.29, 0.717) is 33.3 Å². The first-order valence-corrected chi connectivity index (χ1v) is 10.6. The number of nitrogens with zero attached hydrogens (tertiary/aromatic N) is 1. The van der Waals surface area contributed by atoms with Crippen LogP contribution in [0.2, 0.25) is 0 Å². The van der Waals surface area contributed by atoms with Gasteiger partial charge in [-0.15, -0.1) is 0 Å². The Morgan fingerprint density at radius 3 is 2.35 bits per heavy atom. The molecule has 0 bridgehead atoms. The minimum absolute atomic E-state index is 0.00359. The molecule has 2 aromatic carbocycles. The van der Waals surface area contributed by atoms with Crippen molar-refractivity contribution < 1.29 is 17.2 Å². The number of rotatable bonds is 5.